The third-order valence-electron chi connectivity index (χ3n) is 4.90. The Morgan fingerprint density at radius 2 is 1.47 bits per heavy atom. The van der Waals surface area contributed by atoms with Crippen molar-refractivity contribution < 1.29 is 23.1 Å². The molecular weight excluding hydrogens is 414 g/mol. The number of hydrogen-bond donors (Lipinski definition) is 1. The standard InChI is InChI=1S/C25H20F2N2O3/c1-2-15-32-21-6-4-3-5-20(21)29-24(30)22(16-7-9-17(26)10-8-16)23(25(29)31)28-19-13-11-18(27)12-14-19/h3-14,28H,2,15H2,1H3. The first-order valence-corrected chi connectivity index (χ1v) is 10.1. The summed E-state index contributed by atoms with van der Waals surface area (Å²) >= 11 is 0. The molecule has 2 amide bonds. The fourth-order valence-electron chi connectivity index (χ4n) is 3.40. The number of halogens is 2. The topological polar surface area (TPSA) is 58.6 Å². The lowest BCUT2D eigenvalue weighted by atomic mass is 10.0. The average Bonchev–Trinajstić information content (AvgIpc) is 3.04. The number of carbonyl (C=O) groups is 2. The first-order chi connectivity index (χ1) is 15.5. The molecule has 162 valence electrons. The minimum absolute atomic E-state index is 0.0125. The summed E-state index contributed by atoms with van der Waals surface area (Å²) in [5.41, 5.74) is 1.22. The summed E-state index contributed by atoms with van der Waals surface area (Å²) in [5, 5.41) is 2.94. The number of benzene rings is 3. The first-order valence-electron chi connectivity index (χ1n) is 10.1. The van der Waals surface area contributed by atoms with Crippen LogP contribution in [0.15, 0.2) is 78.5 Å². The Labute approximate surface area is 183 Å². The highest BCUT2D eigenvalue weighted by Crippen LogP contribution is 2.38. The minimum atomic E-state index is -0.591. The molecule has 32 heavy (non-hydrogen) atoms. The molecule has 1 heterocycles. The molecule has 0 unspecified atom stereocenters. The number of carbonyl (C=O) groups excluding carboxylic acids is 2. The normalized spacial score (nSPS) is 13.7. The van der Waals surface area contributed by atoms with E-state index in [0.29, 0.717) is 29.3 Å². The van der Waals surface area contributed by atoms with Gasteiger partial charge >= 0.3 is 0 Å². The fraction of sp³-hybridized carbons (Fsp3) is 0.120. The molecule has 0 atom stereocenters. The van der Waals surface area contributed by atoms with Gasteiger partial charge in [0.15, 0.2) is 0 Å². The van der Waals surface area contributed by atoms with E-state index >= 15 is 0 Å². The second-order valence-corrected chi connectivity index (χ2v) is 7.15. The van der Waals surface area contributed by atoms with Crippen LogP contribution in [0, 0.1) is 11.6 Å². The molecule has 0 radical (unpaired) electrons. The maximum atomic E-state index is 13.5. The van der Waals surface area contributed by atoms with Gasteiger partial charge in [0.2, 0.25) is 0 Å². The Balaban J connectivity index is 1.80. The number of nitrogens with zero attached hydrogens (tertiary/aromatic N) is 1. The quantitative estimate of drug-likeness (QED) is 0.523. The average molecular weight is 434 g/mol. The number of ether oxygens (including phenoxy) is 1. The van der Waals surface area contributed by atoms with Crippen LogP contribution in [0.25, 0.3) is 5.57 Å². The molecule has 1 aliphatic heterocycles. The second kappa shape index (κ2) is 9.01. The van der Waals surface area contributed by atoms with Crippen LogP contribution in [-0.4, -0.2) is 18.4 Å². The zero-order valence-corrected chi connectivity index (χ0v) is 17.3. The van der Waals surface area contributed by atoms with Gasteiger partial charge in [-0.1, -0.05) is 31.2 Å². The number of amides is 2. The number of para-hydroxylation sites is 2. The molecule has 7 heteroatoms. The molecule has 5 nitrogen and oxygen atoms in total. The van der Waals surface area contributed by atoms with Crippen molar-refractivity contribution in [1.29, 1.82) is 0 Å². The SMILES string of the molecule is CCCOc1ccccc1N1C(=O)C(Nc2ccc(F)cc2)=C(c2ccc(F)cc2)C1=O. The third-order valence-corrected chi connectivity index (χ3v) is 4.90. The Morgan fingerprint density at radius 3 is 2.12 bits per heavy atom. The van der Waals surface area contributed by atoms with Gasteiger partial charge < -0.3 is 10.1 Å². The summed E-state index contributed by atoms with van der Waals surface area (Å²) < 4.78 is 32.6. The van der Waals surface area contributed by atoms with Crippen molar-refractivity contribution in [3.63, 3.8) is 0 Å². The maximum absolute atomic E-state index is 13.5. The summed E-state index contributed by atoms with van der Waals surface area (Å²) in [4.78, 5) is 28.0. The number of imide groups is 1. The van der Waals surface area contributed by atoms with Crippen molar-refractivity contribution in [2.75, 3.05) is 16.8 Å². The van der Waals surface area contributed by atoms with E-state index in [-0.39, 0.29) is 11.3 Å². The van der Waals surface area contributed by atoms with Gasteiger partial charge in [0, 0.05) is 5.69 Å². The van der Waals surface area contributed by atoms with Crippen LogP contribution in [0.3, 0.4) is 0 Å². The van der Waals surface area contributed by atoms with E-state index < -0.39 is 23.4 Å². The lowest BCUT2D eigenvalue weighted by Gasteiger charge is -2.19. The van der Waals surface area contributed by atoms with Gasteiger partial charge in [0.1, 0.15) is 23.1 Å². The highest BCUT2D eigenvalue weighted by atomic mass is 19.1. The molecule has 0 fully saturated rings. The van der Waals surface area contributed by atoms with Crippen molar-refractivity contribution in [2.24, 2.45) is 0 Å². The van der Waals surface area contributed by atoms with Crippen molar-refractivity contribution in [3.05, 3.63) is 95.7 Å². The van der Waals surface area contributed by atoms with Crippen LogP contribution in [0.1, 0.15) is 18.9 Å². The number of anilines is 2. The molecule has 3 aromatic rings. The lowest BCUT2D eigenvalue weighted by Crippen LogP contribution is -2.32. The Hall–Kier alpha value is -4.00. The van der Waals surface area contributed by atoms with Gasteiger partial charge in [-0.05, 0) is 60.5 Å². The van der Waals surface area contributed by atoms with Gasteiger partial charge in [-0.3, -0.25) is 9.59 Å². The van der Waals surface area contributed by atoms with Crippen molar-refractivity contribution in [1.82, 2.24) is 0 Å². The summed E-state index contributed by atoms with van der Waals surface area (Å²) in [7, 11) is 0. The molecule has 0 aromatic heterocycles. The van der Waals surface area contributed by atoms with Gasteiger partial charge in [0.25, 0.3) is 11.8 Å². The number of nitrogens with one attached hydrogen (secondary N) is 1. The molecule has 0 bridgehead atoms. The molecule has 1 aliphatic rings. The second-order valence-electron chi connectivity index (χ2n) is 7.15. The van der Waals surface area contributed by atoms with Crippen LogP contribution in [0.2, 0.25) is 0 Å². The maximum Gasteiger partial charge on any atom is 0.282 e. The smallest absolute Gasteiger partial charge is 0.282 e. The van der Waals surface area contributed by atoms with E-state index in [1.165, 1.54) is 48.5 Å². The predicted molar refractivity (Wildman–Crippen MR) is 118 cm³/mol. The molecule has 0 aliphatic carbocycles. The van der Waals surface area contributed by atoms with Gasteiger partial charge in [-0.15, -0.1) is 0 Å². The van der Waals surface area contributed by atoms with E-state index in [9.17, 15) is 18.4 Å². The molecule has 0 saturated heterocycles. The van der Waals surface area contributed by atoms with E-state index in [4.69, 9.17) is 4.74 Å². The van der Waals surface area contributed by atoms with E-state index in [1.807, 2.05) is 6.92 Å². The number of rotatable bonds is 7. The predicted octanol–water partition coefficient (Wildman–Crippen LogP) is 5.15. The highest BCUT2D eigenvalue weighted by Gasteiger charge is 2.41. The zero-order valence-electron chi connectivity index (χ0n) is 17.3. The minimum Gasteiger partial charge on any atom is -0.491 e. The molecule has 0 saturated carbocycles. The highest BCUT2D eigenvalue weighted by molar-refractivity contribution is 6.46. The lowest BCUT2D eigenvalue weighted by molar-refractivity contribution is -0.120. The molecule has 3 aromatic carbocycles. The van der Waals surface area contributed by atoms with Crippen molar-refractivity contribution in [2.45, 2.75) is 13.3 Å². The number of hydrogen-bond acceptors (Lipinski definition) is 4. The molecule has 4 rings (SSSR count). The fourth-order valence-corrected chi connectivity index (χ4v) is 3.40. The van der Waals surface area contributed by atoms with E-state index in [2.05, 4.69) is 5.32 Å². The van der Waals surface area contributed by atoms with Crippen LogP contribution in [-0.2, 0) is 9.59 Å². The van der Waals surface area contributed by atoms with Crippen molar-refractivity contribution >= 4 is 28.8 Å². The summed E-state index contributed by atoms with van der Waals surface area (Å²) in [5.74, 6) is -1.66. The van der Waals surface area contributed by atoms with Crippen LogP contribution in [0.5, 0.6) is 5.75 Å². The molecular formula is C25H20F2N2O3. The summed E-state index contributed by atoms with van der Waals surface area (Å²) in [6, 6.07) is 17.5. The molecule has 0 spiro atoms. The first kappa shape index (κ1) is 21.2. The zero-order chi connectivity index (χ0) is 22.7. The third kappa shape index (κ3) is 4.09. The van der Waals surface area contributed by atoms with Gasteiger partial charge in [-0.25, -0.2) is 13.7 Å². The van der Waals surface area contributed by atoms with Crippen LogP contribution >= 0.6 is 0 Å². The van der Waals surface area contributed by atoms with Gasteiger partial charge in [-0.2, -0.15) is 0 Å². The Bertz CT molecular complexity index is 1190. The summed E-state index contributed by atoms with van der Waals surface area (Å²) in [6.07, 6.45) is 0.757. The Morgan fingerprint density at radius 1 is 0.844 bits per heavy atom. The monoisotopic (exact) mass is 434 g/mol. The Kier molecular flexibility index (Phi) is 5.98. The summed E-state index contributed by atoms with van der Waals surface area (Å²) in [6.45, 7) is 2.37. The van der Waals surface area contributed by atoms with Crippen molar-refractivity contribution in [3.8, 4) is 5.75 Å². The van der Waals surface area contributed by atoms with E-state index in [0.717, 1.165) is 11.3 Å². The van der Waals surface area contributed by atoms with Crippen LogP contribution in [0.4, 0.5) is 20.2 Å². The van der Waals surface area contributed by atoms with E-state index in [1.54, 1.807) is 24.3 Å². The molecule has 1 N–H and O–H groups in total. The van der Waals surface area contributed by atoms with Gasteiger partial charge in [0.05, 0.1) is 17.9 Å². The van der Waals surface area contributed by atoms with Crippen LogP contribution < -0.4 is 15.0 Å². The largest absolute Gasteiger partial charge is 0.491 e.